The fraction of sp³-hybridized carbons (Fsp3) is 0.556. The Morgan fingerprint density at radius 1 is 1.50 bits per heavy atom. The number of aromatic nitrogens is 2. The molecule has 0 saturated carbocycles. The van der Waals surface area contributed by atoms with Gasteiger partial charge in [0, 0.05) is 30.4 Å². The number of hydrogen-bond donors (Lipinski definition) is 1. The first-order valence-electron chi connectivity index (χ1n) is 8.23. The first-order chi connectivity index (χ1) is 10.5. The molecule has 1 N–H and O–H groups in total. The highest BCUT2D eigenvalue weighted by molar-refractivity contribution is 5.87. The predicted molar refractivity (Wildman–Crippen MR) is 88.6 cm³/mol. The molecule has 4 heteroatoms. The number of H-pyrrole nitrogens is 1. The zero-order valence-electron chi connectivity index (χ0n) is 13.7. The Labute approximate surface area is 131 Å². The van der Waals surface area contributed by atoms with Crippen molar-refractivity contribution in [2.24, 2.45) is 5.41 Å². The van der Waals surface area contributed by atoms with E-state index in [0.29, 0.717) is 12.5 Å². The predicted octanol–water partition coefficient (Wildman–Crippen LogP) is 3.53. The number of hydrogen-bond acceptors (Lipinski definition) is 2. The van der Waals surface area contributed by atoms with E-state index in [1.807, 2.05) is 18.3 Å². The molecule has 22 heavy (non-hydrogen) atoms. The van der Waals surface area contributed by atoms with Crippen molar-refractivity contribution in [1.82, 2.24) is 14.9 Å². The van der Waals surface area contributed by atoms with Crippen LogP contribution < -0.4 is 0 Å². The molecule has 1 aliphatic heterocycles. The quantitative estimate of drug-likeness (QED) is 0.939. The van der Waals surface area contributed by atoms with Crippen LogP contribution in [0.3, 0.4) is 0 Å². The van der Waals surface area contributed by atoms with Gasteiger partial charge in [-0.15, -0.1) is 0 Å². The van der Waals surface area contributed by atoms with E-state index in [9.17, 15) is 4.79 Å². The van der Waals surface area contributed by atoms with Gasteiger partial charge in [0.15, 0.2) is 0 Å². The fourth-order valence-electron chi connectivity index (χ4n) is 3.54. The van der Waals surface area contributed by atoms with Gasteiger partial charge >= 0.3 is 0 Å². The van der Waals surface area contributed by atoms with E-state index in [1.165, 1.54) is 0 Å². The van der Waals surface area contributed by atoms with E-state index in [0.717, 1.165) is 42.4 Å². The molecule has 0 radical (unpaired) electrons. The van der Waals surface area contributed by atoms with Crippen molar-refractivity contribution in [1.29, 1.82) is 0 Å². The average molecular weight is 299 g/mol. The standard InChI is InChI=1S/C18H25N3O/c1-4-18(2,3)15-8-6-10-21(15)16(22)11-13-12-20-17-14(13)7-5-9-19-17/h5,7,9,12,15H,4,6,8,10-11H2,1-3H3,(H,19,20). The number of nitrogens with zero attached hydrogens (tertiary/aromatic N) is 2. The molecule has 4 nitrogen and oxygen atoms in total. The van der Waals surface area contributed by atoms with E-state index >= 15 is 0 Å². The molecule has 1 atom stereocenters. The van der Waals surface area contributed by atoms with Crippen LogP contribution in [0.15, 0.2) is 24.5 Å². The Morgan fingerprint density at radius 3 is 3.09 bits per heavy atom. The van der Waals surface area contributed by atoms with Crippen molar-refractivity contribution >= 4 is 16.9 Å². The first-order valence-corrected chi connectivity index (χ1v) is 8.23. The van der Waals surface area contributed by atoms with Crippen molar-refractivity contribution in [3.05, 3.63) is 30.1 Å². The maximum atomic E-state index is 12.8. The summed E-state index contributed by atoms with van der Waals surface area (Å²) in [6.45, 7) is 7.66. The second-order valence-electron chi connectivity index (χ2n) is 6.98. The molecule has 1 fully saturated rings. The number of carbonyl (C=O) groups is 1. The van der Waals surface area contributed by atoms with Crippen LogP contribution in [0.2, 0.25) is 0 Å². The summed E-state index contributed by atoms with van der Waals surface area (Å²) in [5.74, 6) is 0.244. The summed E-state index contributed by atoms with van der Waals surface area (Å²) in [7, 11) is 0. The van der Waals surface area contributed by atoms with E-state index in [4.69, 9.17) is 0 Å². The lowest BCUT2D eigenvalue weighted by Crippen LogP contribution is -2.44. The monoisotopic (exact) mass is 299 g/mol. The van der Waals surface area contributed by atoms with Crippen LogP contribution in [0.1, 0.15) is 45.6 Å². The summed E-state index contributed by atoms with van der Waals surface area (Å²) in [4.78, 5) is 22.4. The number of pyridine rings is 1. The number of fused-ring (bicyclic) bond motifs is 1. The molecule has 0 bridgehead atoms. The highest BCUT2D eigenvalue weighted by Crippen LogP contribution is 2.36. The van der Waals surface area contributed by atoms with Crippen LogP contribution in [0.5, 0.6) is 0 Å². The number of carbonyl (C=O) groups excluding carboxylic acids is 1. The third-order valence-electron chi connectivity index (χ3n) is 5.26. The number of rotatable bonds is 4. The summed E-state index contributed by atoms with van der Waals surface area (Å²) in [5.41, 5.74) is 2.10. The minimum absolute atomic E-state index is 0.188. The minimum Gasteiger partial charge on any atom is -0.346 e. The van der Waals surface area contributed by atoms with Gasteiger partial charge in [0.1, 0.15) is 5.65 Å². The molecule has 2 aromatic heterocycles. The Kier molecular flexibility index (Phi) is 3.94. The van der Waals surface area contributed by atoms with Gasteiger partial charge in [0.05, 0.1) is 6.42 Å². The summed E-state index contributed by atoms with van der Waals surface area (Å²) >= 11 is 0. The number of aromatic amines is 1. The molecule has 2 aromatic rings. The molecule has 3 heterocycles. The SMILES string of the molecule is CCC(C)(C)C1CCCN1C(=O)Cc1c[nH]c2ncccc12. The molecule has 1 saturated heterocycles. The van der Waals surface area contributed by atoms with Crippen LogP contribution in [-0.2, 0) is 11.2 Å². The van der Waals surface area contributed by atoms with E-state index in [-0.39, 0.29) is 11.3 Å². The first kappa shape index (κ1) is 15.1. The zero-order valence-corrected chi connectivity index (χ0v) is 13.7. The Morgan fingerprint density at radius 2 is 2.32 bits per heavy atom. The van der Waals surface area contributed by atoms with Gasteiger partial charge in [-0.1, -0.05) is 20.8 Å². The lowest BCUT2D eigenvalue weighted by Gasteiger charge is -2.37. The molecule has 118 valence electrons. The third-order valence-corrected chi connectivity index (χ3v) is 5.26. The average Bonchev–Trinajstić information content (AvgIpc) is 3.15. The lowest BCUT2D eigenvalue weighted by molar-refractivity contribution is -0.133. The van der Waals surface area contributed by atoms with Crippen molar-refractivity contribution in [3.8, 4) is 0 Å². The smallest absolute Gasteiger partial charge is 0.227 e. The number of amides is 1. The Hall–Kier alpha value is -1.84. The molecular formula is C18H25N3O. The number of nitrogens with one attached hydrogen (secondary N) is 1. The van der Waals surface area contributed by atoms with E-state index < -0.39 is 0 Å². The van der Waals surface area contributed by atoms with E-state index in [2.05, 4.69) is 35.6 Å². The highest BCUT2D eigenvalue weighted by Gasteiger charge is 2.38. The van der Waals surface area contributed by atoms with Gasteiger partial charge in [0.2, 0.25) is 5.91 Å². The maximum absolute atomic E-state index is 12.8. The summed E-state index contributed by atoms with van der Waals surface area (Å²) in [5, 5.41) is 1.06. The van der Waals surface area contributed by atoms with Gasteiger partial charge in [-0.2, -0.15) is 0 Å². The molecule has 3 rings (SSSR count). The minimum atomic E-state index is 0.188. The molecule has 1 aliphatic rings. The molecule has 1 amide bonds. The Bertz CT molecular complexity index is 674. The van der Waals surface area contributed by atoms with E-state index in [1.54, 1.807) is 6.20 Å². The molecule has 0 aliphatic carbocycles. The summed E-state index contributed by atoms with van der Waals surface area (Å²) in [6, 6.07) is 4.32. The second kappa shape index (κ2) is 5.75. The van der Waals surface area contributed by atoms with Crippen molar-refractivity contribution in [2.45, 2.75) is 52.5 Å². The molecule has 0 spiro atoms. The molecule has 1 unspecified atom stereocenters. The lowest BCUT2D eigenvalue weighted by atomic mass is 9.80. The van der Waals surface area contributed by atoms with Crippen LogP contribution in [0.25, 0.3) is 11.0 Å². The zero-order chi connectivity index (χ0) is 15.7. The van der Waals surface area contributed by atoms with Gasteiger partial charge < -0.3 is 9.88 Å². The Balaban J connectivity index is 1.79. The number of likely N-dealkylation sites (tertiary alicyclic amines) is 1. The van der Waals surface area contributed by atoms with Crippen molar-refractivity contribution in [2.75, 3.05) is 6.54 Å². The van der Waals surface area contributed by atoms with Crippen LogP contribution in [0, 0.1) is 5.41 Å². The van der Waals surface area contributed by atoms with Crippen LogP contribution in [0.4, 0.5) is 0 Å². The van der Waals surface area contributed by atoms with Gasteiger partial charge in [-0.05, 0) is 42.4 Å². The largest absolute Gasteiger partial charge is 0.346 e. The topological polar surface area (TPSA) is 49.0 Å². The summed E-state index contributed by atoms with van der Waals surface area (Å²) < 4.78 is 0. The summed E-state index contributed by atoms with van der Waals surface area (Å²) in [6.07, 6.45) is 7.49. The van der Waals surface area contributed by atoms with Gasteiger partial charge in [0.25, 0.3) is 0 Å². The molecule has 0 aromatic carbocycles. The van der Waals surface area contributed by atoms with Crippen LogP contribution in [-0.4, -0.2) is 33.4 Å². The normalized spacial score (nSPS) is 19.0. The van der Waals surface area contributed by atoms with Crippen molar-refractivity contribution < 1.29 is 4.79 Å². The maximum Gasteiger partial charge on any atom is 0.227 e. The second-order valence-corrected chi connectivity index (χ2v) is 6.98. The fourth-order valence-corrected chi connectivity index (χ4v) is 3.54. The highest BCUT2D eigenvalue weighted by atomic mass is 16.2. The van der Waals surface area contributed by atoms with Crippen molar-refractivity contribution in [3.63, 3.8) is 0 Å². The van der Waals surface area contributed by atoms with Gasteiger partial charge in [-0.25, -0.2) is 4.98 Å². The molecular weight excluding hydrogens is 274 g/mol. The van der Waals surface area contributed by atoms with Gasteiger partial charge in [-0.3, -0.25) is 4.79 Å². The third kappa shape index (κ3) is 2.62. The van der Waals surface area contributed by atoms with Crippen LogP contribution >= 0.6 is 0 Å².